The van der Waals surface area contributed by atoms with Gasteiger partial charge in [-0.15, -0.1) is 0 Å². The van der Waals surface area contributed by atoms with Crippen molar-refractivity contribution in [2.24, 2.45) is 58.7 Å². The molecule has 0 rings (SSSR count). The van der Waals surface area contributed by atoms with E-state index in [4.69, 9.17) is 37.9 Å². The number of nitrogens with one attached hydrogen (secondary N) is 1. The molecule has 17 heteroatoms. The summed E-state index contributed by atoms with van der Waals surface area (Å²) in [4.78, 5) is 91.1. The highest BCUT2D eigenvalue weighted by atomic mass is 16.6. The average Bonchev–Trinajstić information content (AvgIpc) is 3.52. The summed E-state index contributed by atoms with van der Waals surface area (Å²) in [6.07, 6.45) is 7.06. The van der Waals surface area contributed by atoms with Crippen LogP contribution in [0.25, 0.3) is 0 Å². The topological polar surface area (TPSA) is 222 Å². The van der Waals surface area contributed by atoms with Crippen LogP contribution < -0.4 is 5.32 Å². The molecule has 0 saturated heterocycles. The predicted molar refractivity (Wildman–Crippen MR) is 352 cm³/mol. The Kier molecular flexibility index (Phi) is 57.8. The number of hydrogen-bond donors (Lipinski definition) is 1. The Labute approximate surface area is 533 Å². The third-order valence-electron chi connectivity index (χ3n) is 11.9. The average molecular weight is 1250 g/mol. The van der Waals surface area contributed by atoms with Crippen LogP contribution in [0.1, 0.15) is 285 Å². The number of carbonyl (C=O) groups excluding carboxylic acids is 8. The third kappa shape index (κ3) is 67.5. The quantitative estimate of drug-likeness (QED) is 0.0476. The van der Waals surface area contributed by atoms with E-state index >= 15 is 0 Å². The Morgan fingerprint density at radius 3 is 1.03 bits per heavy atom. The first kappa shape index (κ1) is 93.9. The molecule has 0 amide bonds. The molecule has 1 N–H and O–H groups in total. The van der Waals surface area contributed by atoms with Gasteiger partial charge in [0, 0.05) is 26.3 Å². The molecule has 2 unspecified atom stereocenters. The molecule has 0 heterocycles. The fourth-order valence-electron chi connectivity index (χ4n) is 8.24. The zero-order chi connectivity index (χ0) is 69.7. The zero-order valence-corrected chi connectivity index (χ0v) is 61.7. The maximum Gasteiger partial charge on any atom is 0.351 e. The summed E-state index contributed by atoms with van der Waals surface area (Å²) in [7, 11) is 1.88. The Morgan fingerprint density at radius 1 is 0.368 bits per heavy atom. The highest BCUT2D eigenvalue weighted by Gasteiger charge is 2.36. The minimum atomic E-state index is -1.24. The summed E-state index contributed by atoms with van der Waals surface area (Å²) in [5, 5.41) is 3.14. The van der Waals surface area contributed by atoms with Crippen molar-refractivity contribution >= 4 is 47.8 Å². The van der Waals surface area contributed by atoms with Gasteiger partial charge in [0.2, 0.25) is 6.10 Å². The van der Waals surface area contributed by atoms with Crippen LogP contribution in [-0.4, -0.2) is 110 Å². The van der Waals surface area contributed by atoms with Crippen molar-refractivity contribution in [2.45, 2.75) is 340 Å². The maximum atomic E-state index is 12.0. The lowest BCUT2D eigenvalue weighted by Crippen LogP contribution is -2.43. The second-order valence-electron chi connectivity index (χ2n) is 28.1. The van der Waals surface area contributed by atoms with E-state index in [1.54, 1.807) is 13.8 Å². The molecule has 17 nitrogen and oxygen atoms in total. The molecule has 0 bridgehead atoms. The summed E-state index contributed by atoms with van der Waals surface area (Å²) >= 11 is 0. The predicted octanol–water partition coefficient (Wildman–Crippen LogP) is 16.2. The second kappa shape index (κ2) is 53.5. The molecule has 0 spiro atoms. The molecule has 0 fully saturated rings. The first-order chi connectivity index (χ1) is 39.6. The van der Waals surface area contributed by atoms with Crippen LogP contribution in [0.4, 0.5) is 0 Å². The van der Waals surface area contributed by atoms with Crippen molar-refractivity contribution in [1.82, 2.24) is 5.32 Å². The van der Waals surface area contributed by atoms with Crippen molar-refractivity contribution in [2.75, 3.05) is 7.05 Å². The lowest BCUT2D eigenvalue weighted by molar-refractivity contribution is -0.184. The molecule has 518 valence electrons. The van der Waals surface area contributed by atoms with Crippen LogP contribution in [0.3, 0.4) is 0 Å². The van der Waals surface area contributed by atoms with E-state index in [9.17, 15) is 38.4 Å². The van der Waals surface area contributed by atoms with Gasteiger partial charge in [0.1, 0.15) is 6.10 Å². The van der Waals surface area contributed by atoms with E-state index in [-0.39, 0.29) is 95.7 Å². The highest BCUT2D eigenvalue weighted by molar-refractivity contribution is 5.80. The van der Waals surface area contributed by atoms with Crippen molar-refractivity contribution < 1.29 is 76.3 Å². The van der Waals surface area contributed by atoms with Gasteiger partial charge in [-0.1, -0.05) is 117 Å². The molecule has 6 atom stereocenters. The molecular formula is C70H137NO16. The van der Waals surface area contributed by atoms with Gasteiger partial charge in [0.15, 0.2) is 0 Å². The molecule has 87 heavy (non-hydrogen) atoms. The van der Waals surface area contributed by atoms with E-state index < -0.39 is 30.1 Å². The van der Waals surface area contributed by atoms with E-state index in [1.807, 2.05) is 118 Å². The SMILES string of the molecule is CC(=O)O[C@H](CC(C)C)[C@@H](OC(C)=O)C(=O)OC(C)C.CC(C)CC(C)(C)C(=O)OC(C)C.CC(C)CC(C)CCC(=O)OC(C)C.CC(C)CC[C@@H](C)C(=O)OC(C)C.CC(C)CC[C@H](C)C(=O)OC(C)C.CNC(CC(=O)OC(C)C)CC(C)C. The fraction of sp³-hybridized carbons (Fsp3) is 0.886. The molecule has 0 radical (unpaired) electrons. The van der Waals surface area contributed by atoms with Gasteiger partial charge in [-0.3, -0.25) is 33.6 Å². The van der Waals surface area contributed by atoms with Gasteiger partial charge < -0.3 is 43.2 Å². The van der Waals surface area contributed by atoms with Crippen LogP contribution in [0.2, 0.25) is 0 Å². The molecule has 0 aliphatic carbocycles. The molecule has 0 aliphatic rings. The number of rotatable bonds is 33. The monoisotopic (exact) mass is 1250 g/mol. The maximum absolute atomic E-state index is 12.0. The summed E-state index contributed by atoms with van der Waals surface area (Å²) in [6, 6.07) is 0.237. The van der Waals surface area contributed by atoms with E-state index in [0.717, 1.165) is 44.9 Å². The van der Waals surface area contributed by atoms with Gasteiger partial charge in [-0.25, -0.2) is 4.79 Å². The van der Waals surface area contributed by atoms with Gasteiger partial charge >= 0.3 is 47.8 Å². The molecule has 0 aromatic rings. The van der Waals surface area contributed by atoms with Crippen LogP contribution in [0.5, 0.6) is 0 Å². The summed E-state index contributed by atoms with van der Waals surface area (Å²) in [5.41, 5.74) is -0.349. The number of esters is 8. The van der Waals surface area contributed by atoms with E-state index in [2.05, 4.69) is 81.5 Å². The summed E-state index contributed by atoms with van der Waals surface area (Å²) in [5.74, 6) is 1.78. The normalized spacial score (nSPS) is 13.3. The molecule has 0 aromatic carbocycles. The zero-order valence-electron chi connectivity index (χ0n) is 61.7. The smallest absolute Gasteiger partial charge is 0.351 e. The summed E-state index contributed by atoms with van der Waals surface area (Å²) in [6.45, 7) is 60.0. The van der Waals surface area contributed by atoms with Crippen molar-refractivity contribution in [3.63, 3.8) is 0 Å². The molecule has 0 aromatic heterocycles. The molecule has 0 saturated carbocycles. The van der Waals surface area contributed by atoms with E-state index in [1.165, 1.54) is 20.3 Å². The Hall–Kier alpha value is -4.28. The third-order valence-corrected chi connectivity index (χ3v) is 11.9. The Balaban J connectivity index is -0.000000228. The fourth-order valence-corrected chi connectivity index (χ4v) is 8.24. The van der Waals surface area contributed by atoms with Gasteiger partial charge in [0.05, 0.1) is 60.3 Å². The second-order valence-corrected chi connectivity index (χ2v) is 28.1. The van der Waals surface area contributed by atoms with Crippen LogP contribution in [0, 0.1) is 58.7 Å². The van der Waals surface area contributed by atoms with Gasteiger partial charge in [-0.2, -0.15) is 0 Å². The van der Waals surface area contributed by atoms with Crippen LogP contribution >= 0.6 is 0 Å². The lowest BCUT2D eigenvalue weighted by Gasteiger charge is -2.26. The number of carbonyl (C=O) groups is 8. The molecular weight excluding hydrogens is 1110 g/mol. The van der Waals surface area contributed by atoms with Crippen molar-refractivity contribution in [3.05, 3.63) is 0 Å². The van der Waals surface area contributed by atoms with Gasteiger partial charge in [0.25, 0.3) is 0 Å². The Bertz CT molecular complexity index is 1760. The van der Waals surface area contributed by atoms with Gasteiger partial charge in [-0.05, 0) is 190 Å². The van der Waals surface area contributed by atoms with Crippen LogP contribution in [-0.2, 0) is 76.3 Å². The largest absolute Gasteiger partial charge is 0.463 e. The molecule has 0 aliphatic heterocycles. The van der Waals surface area contributed by atoms with E-state index in [0.29, 0.717) is 54.8 Å². The lowest BCUT2D eigenvalue weighted by atomic mass is 9.84. The van der Waals surface area contributed by atoms with Crippen molar-refractivity contribution in [3.8, 4) is 0 Å². The van der Waals surface area contributed by atoms with Crippen molar-refractivity contribution in [1.29, 1.82) is 0 Å². The summed E-state index contributed by atoms with van der Waals surface area (Å²) < 4.78 is 40.7. The first-order valence-electron chi connectivity index (χ1n) is 32.8. The minimum absolute atomic E-state index is 0.00833. The highest BCUT2D eigenvalue weighted by Crippen LogP contribution is 2.27. The number of hydrogen-bond acceptors (Lipinski definition) is 17. The Morgan fingerprint density at radius 2 is 0.724 bits per heavy atom. The first-order valence-corrected chi connectivity index (χ1v) is 32.8. The number of ether oxygens (including phenoxy) is 8. The minimum Gasteiger partial charge on any atom is -0.463 e. The van der Waals surface area contributed by atoms with Crippen LogP contribution in [0.15, 0.2) is 0 Å². The standard InChI is InChI=1S/C14H24O6.C12H24O2.C11H23NO2.3C11H22O2/c1-8(2)7-12(19-10(5)15)13(20-11(6)16)14(17)18-9(3)4;1-9(2)8-11(5)6-7-12(13)14-10(3)4;1-8(2)6-10(12-5)7-11(13)14-9(3)4;1-8(2)7-11(5,6)10(12)13-9(3)4;2*1-8(2)6-7-10(5)11(12)13-9(3)4/h8-9,12-13H,7H2,1-6H3;9-11H,6-8H2,1-5H3;8-10,12H,6-7H2,1-5H3;8-9H,7H2,1-6H3;2*8-10H,6-7H2,1-5H3/t12-,13-;;;;2*10-/m1...10/s1.